The number of nitrogens with zero attached hydrogens (tertiary/aromatic N) is 3. The molecule has 0 aromatic carbocycles. The molecule has 0 spiro atoms. The molecule has 1 aliphatic heterocycles. The lowest BCUT2D eigenvalue weighted by molar-refractivity contribution is 0.00466. The molecular formula is C12H20FN4O2+. The fourth-order valence-corrected chi connectivity index (χ4v) is 1.86. The predicted octanol–water partition coefficient (Wildman–Crippen LogP) is 2.79. The van der Waals surface area contributed by atoms with Crippen molar-refractivity contribution in [3.05, 3.63) is 12.3 Å². The third kappa shape index (κ3) is 5.18. The van der Waals surface area contributed by atoms with Crippen LogP contribution in [0.5, 0.6) is 0 Å². The number of ether oxygens (including phenoxy) is 1. The van der Waals surface area contributed by atoms with E-state index in [9.17, 15) is 9.18 Å². The van der Waals surface area contributed by atoms with E-state index in [1.807, 2.05) is 0 Å². The number of carbonyl (C=O) groups excluding carboxylic acids is 1. The van der Waals surface area contributed by atoms with E-state index in [4.69, 9.17) is 10.3 Å². The topological polar surface area (TPSA) is 79.8 Å². The van der Waals surface area contributed by atoms with Crippen LogP contribution < -0.4 is 4.91 Å². The Hall–Kier alpha value is -1.75. The van der Waals surface area contributed by atoms with Gasteiger partial charge in [-0.05, 0) is 39.7 Å². The molecule has 6 nitrogen and oxygen atoms in total. The van der Waals surface area contributed by atoms with E-state index in [1.54, 1.807) is 20.8 Å². The first kappa shape index (κ1) is 15.3. The zero-order valence-electron chi connectivity index (χ0n) is 11.5. The zero-order chi connectivity index (χ0) is 14.5. The first-order chi connectivity index (χ1) is 8.76. The summed E-state index contributed by atoms with van der Waals surface area (Å²) >= 11 is 0. The van der Waals surface area contributed by atoms with Gasteiger partial charge in [0, 0.05) is 6.54 Å². The number of carbonyl (C=O) groups is 1. The lowest BCUT2D eigenvalue weighted by atomic mass is 9.95. The van der Waals surface area contributed by atoms with Crippen LogP contribution in [0, 0.1) is 5.53 Å². The maximum absolute atomic E-state index is 14.4. The van der Waals surface area contributed by atoms with Crippen molar-refractivity contribution in [1.82, 2.24) is 9.81 Å². The summed E-state index contributed by atoms with van der Waals surface area (Å²) in [5.74, 6) is 0. The van der Waals surface area contributed by atoms with Gasteiger partial charge in [0.2, 0.25) is 4.91 Å². The largest absolute Gasteiger partial charge is 0.444 e. The van der Waals surface area contributed by atoms with Gasteiger partial charge in [0.15, 0.2) is 0 Å². The second-order valence-corrected chi connectivity index (χ2v) is 5.57. The standard InChI is InChI=1S/C12H20FN4O2/c1-11(2,3)19-10(18)17-8-4-5-12(13,9-17)6-7-15-16-14/h6-7,14H,4-5,8-9H2,1-3H3/q+1/b7-6+/t12-/m1/s1. The van der Waals surface area contributed by atoms with Gasteiger partial charge in [0.05, 0.1) is 6.54 Å². The molecule has 0 aromatic rings. The lowest BCUT2D eigenvalue weighted by Gasteiger charge is -2.36. The molecule has 1 amide bonds. The maximum atomic E-state index is 14.4. The Balaban J connectivity index is 2.68. The average molecular weight is 271 g/mol. The van der Waals surface area contributed by atoms with E-state index in [1.165, 1.54) is 11.0 Å². The number of piperidine rings is 1. The van der Waals surface area contributed by atoms with Crippen LogP contribution in [0.4, 0.5) is 9.18 Å². The molecule has 19 heavy (non-hydrogen) atoms. The summed E-state index contributed by atoms with van der Waals surface area (Å²) < 4.78 is 19.7. The Labute approximate surface area is 111 Å². The number of halogens is 1. The normalized spacial score (nSPS) is 24.1. The van der Waals surface area contributed by atoms with Gasteiger partial charge in [-0.2, -0.15) is 0 Å². The van der Waals surface area contributed by atoms with Crippen molar-refractivity contribution in [2.75, 3.05) is 13.1 Å². The number of hydrogen-bond acceptors (Lipinski definition) is 4. The molecular weight excluding hydrogens is 251 g/mol. The van der Waals surface area contributed by atoms with Crippen LogP contribution in [0.15, 0.2) is 17.4 Å². The van der Waals surface area contributed by atoms with Crippen molar-refractivity contribution in [2.24, 2.45) is 5.11 Å². The molecule has 1 rings (SSSR count). The maximum Gasteiger partial charge on any atom is 0.410 e. The van der Waals surface area contributed by atoms with Crippen molar-refractivity contribution < 1.29 is 13.9 Å². The Morgan fingerprint density at radius 3 is 2.84 bits per heavy atom. The van der Waals surface area contributed by atoms with Crippen molar-refractivity contribution >= 4 is 6.09 Å². The average Bonchev–Trinajstić information content (AvgIpc) is 2.27. The summed E-state index contributed by atoms with van der Waals surface area (Å²) in [5, 5.41) is 3.28. The zero-order valence-corrected chi connectivity index (χ0v) is 11.5. The molecule has 106 valence electrons. The molecule has 1 heterocycles. The highest BCUT2D eigenvalue weighted by molar-refractivity contribution is 5.68. The monoisotopic (exact) mass is 271 g/mol. The molecule has 0 aliphatic carbocycles. The molecule has 0 saturated carbocycles. The van der Waals surface area contributed by atoms with Gasteiger partial charge >= 0.3 is 6.09 Å². The van der Waals surface area contributed by atoms with Gasteiger partial charge in [0.25, 0.3) is 0 Å². The number of likely N-dealkylation sites (tertiary alicyclic amines) is 1. The van der Waals surface area contributed by atoms with Crippen LogP contribution in [-0.2, 0) is 4.74 Å². The minimum absolute atomic E-state index is 0.0636. The first-order valence-electron chi connectivity index (χ1n) is 6.17. The SMILES string of the molecule is CC(C)(C)OC(=O)N1CCC[C@@](F)(/C=C/N=[N+]=N)C1. The second-order valence-electron chi connectivity index (χ2n) is 5.57. The Kier molecular flexibility index (Phi) is 4.78. The third-order valence-electron chi connectivity index (χ3n) is 2.62. The van der Waals surface area contributed by atoms with Gasteiger partial charge in [0.1, 0.15) is 28.1 Å². The predicted molar refractivity (Wildman–Crippen MR) is 67.3 cm³/mol. The van der Waals surface area contributed by atoms with Gasteiger partial charge in [-0.25, -0.2) is 9.18 Å². The van der Waals surface area contributed by atoms with Crippen LogP contribution in [0.25, 0.3) is 0 Å². The molecule has 1 fully saturated rings. The van der Waals surface area contributed by atoms with Crippen molar-refractivity contribution in [3.63, 3.8) is 0 Å². The first-order valence-corrected chi connectivity index (χ1v) is 6.17. The fraction of sp³-hybridized carbons (Fsp3) is 0.750. The highest BCUT2D eigenvalue weighted by Gasteiger charge is 2.36. The fourth-order valence-electron chi connectivity index (χ4n) is 1.86. The van der Waals surface area contributed by atoms with Gasteiger partial charge in [-0.15, -0.1) is 0 Å². The van der Waals surface area contributed by atoms with Crippen molar-refractivity contribution in [2.45, 2.75) is 44.9 Å². The molecule has 1 saturated heterocycles. The second kappa shape index (κ2) is 5.93. The molecule has 7 heteroatoms. The van der Waals surface area contributed by atoms with Crippen LogP contribution in [0.3, 0.4) is 0 Å². The van der Waals surface area contributed by atoms with Gasteiger partial charge < -0.3 is 9.64 Å². The molecule has 0 radical (unpaired) electrons. The van der Waals surface area contributed by atoms with E-state index in [0.29, 0.717) is 19.4 Å². The van der Waals surface area contributed by atoms with E-state index in [-0.39, 0.29) is 6.54 Å². The smallest absolute Gasteiger partial charge is 0.410 e. The number of amides is 1. The molecule has 1 N–H and O–H groups in total. The van der Waals surface area contributed by atoms with E-state index >= 15 is 0 Å². The highest BCUT2D eigenvalue weighted by Crippen LogP contribution is 2.27. The Bertz CT molecular complexity index is 412. The minimum atomic E-state index is -1.64. The lowest BCUT2D eigenvalue weighted by Crippen LogP contribution is -2.48. The van der Waals surface area contributed by atoms with Crippen LogP contribution in [-0.4, -0.2) is 35.4 Å². The summed E-state index contributed by atoms with van der Waals surface area (Å²) in [6.07, 6.45) is 2.74. The highest BCUT2D eigenvalue weighted by atomic mass is 19.1. The van der Waals surface area contributed by atoms with E-state index in [2.05, 4.69) is 10.0 Å². The molecule has 1 aliphatic rings. The van der Waals surface area contributed by atoms with E-state index < -0.39 is 17.4 Å². The van der Waals surface area contributed by atoms with E-state index in [0.717, 1.165) is 6.20 Å². The number of alkyl halides is 1. The molecule has 0 aromatic heterocycles. The summed E-state index contributed by atoms with van der Waals surface area (Å²) in [6, 6.07) is 0. The quantitative estimate of drug-likeness (QED) is 0.619. The van der Waals surface area contributed by atoms with Crippen LogP contribution in [0.1, 0.15) is 33.6 Å². The molecule has 0 bridgehead atoms. The molecule has 0 unspecified atom stereocenters. The van der Waals surface area contributed by atoms with Crippen molar-refractivity contribution in [1.29, 1.82) is 5.53 Å². The summed E-state index contributed by atoms with van der Waals surface area (Å²) in [7, 11) is 0. The van der Waals surface area contributed by atoms with Gasteiger partial charge in [-0.1, -0.05) is 0 Å². The summed E-state index contributed by atoms with van der Waals surface area (Å²) in [6.45, 7) is 5.73. The number of hydrogen-bond donors (Lipinski definition) is 1. The summed E-state index contributed by atoms with van der Waals surface area (Å²) in [5.41, 5.74) is 4.26. The summed E-state index contributed by atoms with van der Waals surface area (Å²) in [4.78, 5) is 16.0. The molecule has 1 atom stereocenters. The van der Waals surface area contributed by atoms with Crippen molar-refractivity contribution in [3.8, 4) is 0 Å². The van der Waals surface area contributed by atoms with Crippen LogP contribution >= 0.6 is 0 Å². The minimum Gasteiger partial charge on any atom is -0.444 e. The number of nitrogens with one attached hydrogen (secondary N) is 1. The van der Waals surface area contributed by atoms with Gasteiger partial charge in [-0.3, -0.25) is 0 Å². The third-order valence-corrected chi connectivity index (χ3v) is 2.62. The number of rotatable bonds is 2. The Morgan fingerprint density at radius 2 is 2.26 bits per heavy atom. The Morgan fingerprint density at radius 1 is 1.58 bits per heavy atom. The van der Waals surface area contributed by atoms with Crippen LogP contribution in [0.2, 0.25) is 0 Å².